The van der Waals surface area contributed by atoms with E-state index in [0.717, 1.165) is 11.8 Å². The molecule has 21 heavy (non-hydrogen) atoms. The Morgan fingerprint density at radius 1 is 0.952 bits per heavy atom. The number of hydrogen-bond acceptors (Lipinski definition) is 3. The first-order valence-electron chi connectivity index (χ1n) is 8.06. The normalized spacial score (nSPS) is 50.2. The molecule has 118 valence electrons. The van der Waals surface area contributed by atoms with Crippen LogP contribution < -0.4 is 5.32 Å². The van der Waals surface area contributed by atoms with Gasteiger partial charge in [-0.3, -0.25) is 4.79 Å². The van der Waals surface area contributed by atoms with E-state index in [2.05, 4.69) is 5.32 Å². The maximum absolute atomic E-state index is 12.7. The first kappa shape index (κ1) is 14.3. The molecule has 2 atom stereocenters. The van der Waals surface area contributed by atoms with Crippen LogP contribution in [0.25, 0.3) is 0 Å². The van der Waals surface area contributed by atoms with Crippen LogP contribution in [0.4, 0.5) is 0 Å². The summed E-state index contributed by atoms with van der Waals surface area (Å²) in [5.74, 6) is 2.87. The minimum Gasteiger partial charge on any atom is -0.351 e. The Kier molecular flexibility index (Phi) is 3.31. The molecule has 0 aromatic carbocycles. The molecule has 1 aliphatic heterocycles. The number of carbonyl (C=O) groups is 1. The summed E-state index contributed by atoms with van der Waals surface area (Å²) in [6.07, 6.45) is 6.14. The number of hydrogen-bond donors (Lipinski definition) is 1. The van der Waals surface area contributed by atoms with Crippen molar-refractivity contribution in [2.24, 2.45) is 29.6 Å². The minimum absolute atomic E-state index is 0.000208. The fourth-order valence-corrected chi connectivity index (χ4v) is 8.12. The molecule has 2 unspecified atom stereocenters. The van der Waals surface area contributed by atoms with Gasteiger partial charge in [0.1, 0.15) is 0 Å². The largest absolute Gasteiger partial charge is 0.351 e. The summed E-state index contributed by atoms with van der Waals surface area (Å²) in [5.41, 5.74) is 0. The number of rotatable bonds is 2. The van der Waals surface area contributed by atoms with Gasteiger partial charge in [0.25, 0.3) is 0 Å². The van der Waals surface area contributed by atoms with Crippen LogP contribution in [0.1, 0.15) is 32.1 Å². The average molecular weight is 332 g/mol. The zero-order valence-corrected chi connectivity index (χ0v) is 13.6. The van der Waals surface area contributed by atoms with Crippen LogP contribution in [0.5, 0.6) is 0 Å². The molecule has 5 rings (SSSR count). The van der Waals surface area contributed by atoms with Crippen molar-refractivity contribution >= 4 is 27.3 Å². The van der Waals surface area contributed by atoms with Crippen LogP contribution in [0, 0.1) is 29.6 Å². The highest BCUT2D eigenvalue weighted by molar-refractivity contribution is 7.91. The number of alkyl halides is 1. The van der Waals surface area contributed by atoms with E-state index in [1.807, 2.05) is 0 Å². The van der Waals surface area contributed by atoms with E-state index >= 15 is 0 Å². The Morgan fingerprint density at radius 3 is 2.00 bits per heavy atom. The molecule has 6 heteroatoms. The third-order valence-electron chi connectivity index (χ3n) is 6.14. The number of halogens is 1. The molecule has 1 heterocycles. The standard InChI is InChI=1S/C15H22ClNO3S/c16-12-6-21(19,20)7-13(12)17-15(18)14-10-2-8-1-9(4-10)5-11(14)3-8/h8-14H,1-7H2,(H,17,18). The van der Waals surface area contributed by atoms with E-state index < -0.39 is 21.3 Å². The van der Waals surface area contributed by atoms with E-state index in [-0.39, 0.29) is 23.3 Å². The Morgan fingerprint density at radius 2 is 1.52 bits per heavy atom. The highest BCUT2D eigenvalue weighted by atomic mass is 35.5. The lowest BCUT2D eigenvalue weighted by Crippen LogP contribution is -2.53. The fourth-order valence-electron chi connectivity index (χ4n) is 5.57. The van der Waals surface area contributed by atoms with Crippen LogP contribution in [0.15, 0.2) is 0 Å². The predicted molar refractivity (Wildman–Crippen MR) is 80.8 cm³/mol. The summed E-state index contributed by atoms with van der Waals surface area (Å²) >= 11 is 6.10. The van der Waals surface area contributed by atoms with Crippen LogP contribution in [0.2, 0.25) is 0 Å². The second kappa shape index (κ2) is 4.85. The fraction of sp³-hybridized carbons (Fsp3) is 0.933. The SMILES string of the molecule is O=C(NC1CS(=O)(=O)CC1Cl)C1C2CC3CC(C2)CC1C3. The van der Waals surface area contributed by atoms with Gasteiger partial charge in [0.05, 0.1) is 22.9 Å². The van der Waals surface area contributed by atoms with Gasteiger partial charge in [-0.2, -0.15) is 0 Å². The van der Waals surface area contributed by atoms with E-state index in [1.54, 1.807) is 0 Å². The molecular weight excluding hydrogens is 310 g/mol. The highest BCUT2D eigenvalue weighted by Crippen LogP contribution is 2.56. The molecule has 4 aliphatic carbocycles. The first-order valence-corrected chi connectivity index (χ1v) is 10.3. The lowest BCUT2D eigenvalue weighted by atomic mass is 9.51. The second-order valence-corrected chi connectivity index (χ2v) is 10.4. The molecule has 4 saturated carbocycles. The summed E-state index contributed by atoms with van der Waals surface area (Å²) < 4.78 is 23.2. The molecule has 0 aromatic rings. The molecule has 1 amide bonds. The van der Waals surface area contributed by atoms with Crippen molar-refractivity contribution in [2.45, 2.75) is 43.5 Å². The van der Waals surface area contributed by atoms with E-state index in [4.69, 9.17) is 11.6 Å². The molecule has 5 aliphatic rings. The van der Waals surface area contributed by atoms with Crippen molar-refractivity contribution in [3.05, 3.63) is 0 Å². The van der Waals surface area contributed by atoms with E-state index in [1.165, 1.54) is 32.1 Å². The molecular formula is C15H22ClNO3S. The number of amides is 1. The van der Waals surface area contributed by atoms with Crippen LogP contribution in [-0.2, 0) is 14.6 Å². The van der Waals surface area contributed by atoms with Gasteiger partial charge >= 0.3 is 0 Å². The molecule has 0 spiro atoms. The quantitative estimate of drug-likeness (QED) is 0.781. The van der Waals surface area contributed by atoms with Gasteiger partial charge in [-0.25, -0.2) is 8.42 Å². The maximum atomic E-state index is 12.7. The Labute approximate surface area is 130 Å². The van der Waals surface area contributed by atoms with Crippen molar-refractivity contribution in [1.82, 2.24) is 5.32 Å². The van der Waals surface area contributed by atoms with Crippen molar-refractivity contribution in [2.75, 3.05) is 11.5 Å². The summed E-state index contributed by atoms with van der Waals surface area (Å²) in [7, 11) is -3.09. The lowest BCUT2D eigenvalue weighted by molar-refractivity contribution is -0.138. The zero-order chi connectivity index (χ0) is 14.8. The monoisotopic (exact) mass is 331 g/mol. The van der Waals surface area contributed by atoms with Crippen LogP contribution in [-0.4, -0.2) is 37.2 Å². The highest BCUT2D eigenvalue weighted by Gasteiger charge is 2.51. The Hall–Kier alpha value is -0.290. The lowest BCUT2D eigenvalue weighted by Gasteiger charge is -2.53. The summed E-state index contributed by atoms with van der Waals surface area (Å²) in [6, 6.07) is -0.402. The van der Waals surface area contributed by atoms with Gasteiger partial charge in [0.2, 0.25) is 5.91 Å². The summed E-state index contributed by atoms with van der Waals surface area (Å²) in [4.78, 5) is 12.7. The number of carbonyl (C=O) groups excluding carboxylic acids is 1. The third kappa shape index (κ3) is 2.50. The van der Waals surface area contributed by atoms with Crippen molar-refractivity contribution < 1.29 is 13.2 Å². The van der Waals surface area contributed by atoms with Gasteiger partial charge in [0, 0.05) is 5.92 Å². The minimum atomic E-state index is -3.09. The van der Waals surface area contributed by atoms with Gasteiger partial charge in [-0.05, 0) is 55.8 Å². The molecule has 4 nitrogen and oxygen atoms in total. The van der Waals surface area contributed by atoms with Gasteiger partial charge in [0.15, 0.2) is 9.84 Å². The van der Waals surface area contributed by atoms with E-state index in [9.17, 15) is 13.2 Å². The number of sulfone groups is 1. The van der Waals surface area contributed by atoms with Crippen molar-refractivity contribution in [1.29, 1.82) is 0 Å². The van der Waals surface area contributed by atoms with Gasteiger partial charge in [-0.15, -0.1) is 11.6 Å². The zero-order valence-electron chi connectivity index (χ0n) is 12.0. The number of nitrogens with one attached hydrogen (secondary N) is 1. The Balaban J connectivity index is 1.46. The van der Waals surface area contributed by atoms with Gasteiger partial charge in [-0.1, -0.05) is 0 Å². The molecule has 5 fully saturated rings. The third-order valence-corrected chi connectivity index (χ3v) is 8.52. The van der Waals surface area contributed by atoms with Crippen molar-refractivity contribution in [3.63, 3.8) is 0 Å². The predicted octanol–water partition coefficient (Wildman–Crippen LogP) is 1.58. The smallest absolute Gasteiger partial charge is 0.223 e. The average Bonchev–Trinajstić information content (AvgIpc) is 2.60. The Bertz CT molecular complexity index is 533. The second-order valence-electron chi connectivity index (χ2n) is 7.66. The summed E-state index contributed by atoms with van der Waals surface area (Å²) in [6.45, 7) is 0. The first-order chi connectivity index (χ1) is 9.91. The van der Waals surface area contributed by atoms with Gasteiger partial charge < -0.3 is 5.32 Å². The van der Waals surface area contributed by atoms with Crippen LogP contribution in [0.3, 0.4) is 0 Å². The molecule has 1 N–H and O–H groups in total. The molecule has 4 bridgehead atoms. The maximum Gasteiger partial charge on any atom is 0.223 e. The topological polar surface area (TPSA) is 63.2 Å². The van der Waals surface area contributed by atoms with Crippen molar-refractivity contribution in [3.8, 4) is 0 Å². The van der Waals surface area contributed by atoms with Crippen LogP contribution >= 0.6 is 11.6 Å². The van der Waals surface area contributed by atoms with E-state index in [0.29, 0.717) is 11.8 Å². The molecule has 1 saturated heterocycles. The summed E-state index contributed by atoms with van der Waals surface area (Å²) in [5, 5.41) is 2.49. The molecule has 0 radical (unpaired) electrons. The molecule has 0 aromatic heterocycles.